The van der Waals surface area contributed by atoms with Crippen LogP contribution in [0.2, 0.25) is 0 Å². The van der Waals surface area contributed by atoms with Crippen LogP contribution in [0.15, 0.2) is 52.6 Å². The highest BCUT2D eigenvalue weighted by molar-refractivity contribution is 7.17. The monoisotopic (exact) mass is 435 g/mol. The van der Waals surface area contributed by atoms with E-state index in [1.807, 2.05) is 49.6 Å². The molecule has 1 amide bonds. The maximum absolute atomic E-state index is 12.7. The molecule has 0 fully saturated rings. The molecule has 0 spiro atoms. The van der Waals surface area contributed by atoms with E-state index in [0.717, 1.165) is 33.9 Å². The molecule has 0 aliphatic carbocycles. The van der Waals surface area contributed by atoms with E-state index in [1.165, 1.54) is 11.3 Å². The molecule has 0 radical (unpaired) electrons. The molecule has 31 heavy (non-hydrogen) atoms. The summed E-state index contributed by atoms with van der Waals surface area (Å²) < 4.78 is 6.52. The lowest BCUT2D eigenvalue weighted by Crippen LogP contribution is -2.33. The Labute approximate surface area is 184 Å². The van der Waals surface area contributed by atoms with E-state index in [9.17, 15) is 9.59 Å². The van der Waals surface area contributed by atoms with E-state index >= 15 is 0 Å². The van der Waals surface area contributed by atoms with E-state index in [2.05, 4.69) is 4.98 Å². The summed E-state index contributed by atoms with van der Waals surface area (Å²) >= 11 is 1.40. The fraction of sp³-hybridized carbons (Fsp3) is 0.250. The quantitative estimate of drug-likeness (QED) is 0.457. The largest absolute Gasteiger partial charge is 0.415 e. The Hall–Kier alpha value is -3.16. The summed E-state index contributed by atoms with van der Waals surface area (Å²) in [6, 6.07) is 13.6. The van der Waals surface area contributed by atoms with Crippen molar-refractivity contribution >= 4 is 38.4 Å². The molecule has 0 unspecified atom stereocenters. The number of H-pyrrole nitrogens is 1. The Morgan fingerprint density at radius 3 is 2.52 bits per heavy atom. The van der Waals surface area contributed by atoms with Crippen LogP contribution in [0.1, 0.15) is 19.4 Å². The molecule has 0 aliphatic heterocycles. The summed E-state index contributed by atoms with van der Waals surface area (Å²) in [5, 5.41) is 3.62. The molecule has 2 aromatic carbocycles. The number of aromatic nitrogens is 1. The molecule has 4 rings (SSSR count). The Morgan fingerprint density at radius 1 is 1.10 bits per heavy atom. The third-order valence-electron chi connectivity index (χ3n) is 5.45. The number of fused-ring (bicyclic) bond motifs is 3. The maximum atomic E-state index is 12.7. The molecule has 0 saturated heterocycles. The van der Waals surface area contributed by atoms with Crippen molar-refractivity contribution in [3.05, 3.63) is 63.8 Å². The third-order valence-corrected chi connectivity index (χ3v) is 6.36. The van der Waals surface area contributed by atoms with Crippen LogP contribution in [0.25, 0.3) is 32.1 Å². The maximum Gasteiger partial charge on any atom is 0.415 e. The zero-order valence-electron chi connectivity index (χ0n) is 17.6. The average Bonchev–Trinajstić information content (AvgIpc) is 3.27. The van der Waals surface area contributed by atoms with Crippen LogP contribution < -0.4 is 16.0 Å². The van der Waals surface area contributed by atoms with Crippen LogP contribution in [-0.2, 0) is 6.42 Å². The minimum absolute atomic E-state index is 0.116. The number of thiophene rings is 1. The second kappa shape index (κ2) is 8.91. The molecule has 4 aromatic rings. The van der Waals surface area contributed by atoms with Crippen molar-refractivity contribution in [3.8, 4) is 16.9 Å². The lowest BCUT2D eigenvalue weighted by atomic mass is 9.96. The fourth-order valence-electron chi connectivity index (χ4n) is 3.85. The summed E-state index contributed by atoms with van der Waals surface area (Å²) in [5.74, 6) is 0.468. The predicted octanol–water partition coefficient (Wildman–Crippen LogP) is 4.75. The number of aromatic amines is 1. The van der Waals surface area contributed by atoms with Gasteiger partial charge in [-0.15, -0.1) is 11.3 Å². The summed E-state index contributed by atoms with van der Waals surface area (Å²) in [6.45, 7) is 5.54. The predicted molar refractivity (Wildman–Crippen MR) is 127 cm³/mol. The molecular formula is C24H25N3O3S. The minimum atomic E-state index is -0.392. The van der Waals surface area contributed by atoms with Crippen molar-refractivity contribution in [2.24, 2.45) is 5.73 Å². The van der Waals surface area contributed by atoms with Crippen molar-refractivity contribution in [1.29, 1.82) is 0 Å². The molecule has 0 atom stereocenters. The van der Waals surface area contributed by atoms with E-state index in [4.69, 9.17) is 10.5 Å². The number of hydrogen-bond donors (Lipinski definition) is 2. The van der Waals surface area contributed by atoms with Crippen LogP contribution in [0, 0.1) is 0 Å². The summed E-state index contributed by atoms with van der Waals surface area (Å²) in [6.07, 6.45) is 0.401. The molecule has 2 heterocycles. The second-order valence-corrected chi connectivity index (χ2v) is 8.17. The van der Waals surface area contributed by atoms with Gasteiger partial charge in [0.2, 0.25) is 0 Å². The Bertz CT molecular complexity index is 1290. The normalized spacial score (nSPS) is 11.2. The number of nitrogens with zero attached hydrogens (tertiary/aromatic N) is 1. The second-order valence-electron chi connectivity index (χ2n) is 7.25. The number of benzene rings is 2. The standard InChI is InChI=1S/C24H25N3O3S/c1-3-27(4-2)24(29)30-19-10-9-18-21(17-12-14-31-22(17)23(28)26-18)20(19)16-7-5-15(6-8-16)11-13-25/h5-10,12,14H,3-4,11,13,25H2,1-2H3,(H,26,28). The van der Waals surface area contributed by atoms with E-state index in [0.29, 0.717) is 35.6 Å². The van der Waals surface area contributed by atoms with Gasteiger partial charge in [-0.05, 0) is 61.5 Å². The van der Waals surface area contributed by atoms with Gasteiger partial charge in [-0.25, -0.2) is 4.79 Å². The lowest BCUT2D eigenvalue weighted by Gasteiger charge is -2.20. The van der Waals surface area contributed by atoms with Gasteiger partial charge in [0.1, 0.15) is 10.4 Å². The Kier molecular flexibility index (Phi) is 6.06. The Balaban J connectivity index is 1.97. The topological polar surface area (TPSA) is 88.4 Å². The summed E-state index contributed by atoms with van der Waals surface area (Å²) in [4.78, 5) is 29.8. The highest BCUT2D eigenvalue weighted by Crippen LogP contribution is 2.40. The molecule has 0 aliphatic rings. The number of carbonyl (C=O) groups excluding carboxylic acids is 1. The van der Waals surface area contributed by atoms with Gasteiger partial charge >= 0.3 is 6.09 Å². The highest BCUT2D eigenvalue weighted by atomic mass is 32.1. The molecule has 0 saturated carbocycles. The first-order chi connectivity index (χ1) is 15.1. The van der Waals surface area contributed by atoms with Crippen LogP contribution >= 0.6 is 11.3 Å². The fourth-order valence-corrected chi connectivity index (χ4v) is 4.64. The molecule has 7 heteroatoms. The summed E-state index contributed by atoms with van der Waals surface area (Å²) in [7, 11) is 0. The first kappa shape index (κ1) is 21.1. The van der Waals surface area contributed by atoms with E-state index in [1.54, 1.807) is 17.0 Å². The van der Waals surface area contributed by atoms with Crippen LogP contribution in [0.5, 0.6) is 5.75 Å². The number of amides is 1. The number of nitrogens with two attached hydrogens (primary N) is 1. The zero-order valence-corrected chi connectivity index (χ0v) is 18.4. The van der Waals surface area contributed by atoms with Gasteiger partial charge in [-0.2, -0.15) is 0 Å². The van der Waals surface area contributed by atoms with E-state index < -0.39 is 6.09 Å². The molecule has 3 N–H and O–H groups in total. The van der Waals surface area contributed by atoms with Gasteiger partial charge in [0.15, 0.2) is 0 Å². The van der Waals surface area contributed by atoms with Crippen LogP contribution in [-0.4, -0.2) is 35.6 Å². The van der Waals surface area contributed by atoms with Gasteiger partial charge in [0, 0.05) is 34.9 Å². The minimum Gasteiger partial charge on any atom is -0.410 e. The highest BCUT2D eigenvalue weighted by Gasteiger charge is 2.20. The molecule has 6 nitrogen and oxygen atoms in total. The van der Waals surface area contributed by atoms with Gasteiger partial charge in [-0.3, -0.25) is 4.79 Å². The number of nitrogens with one attached hydrogen (secondary N) is 1. The number of rotatable bonds is 6. The number of pyridine rings is 1. The molecule has 0 bridgehead atoms. The number of hydrogen-bond acceptors (Lipinski definition) is 5. The zero-order chi connectivity index (χ0) is 22.0. The summed E-state index contributed by atoms with van der Waals surface area (Å²) in [5.41, 5.74) is 9.12. The van der Waals surface area contributed by atoms with Gasteiger partial charge < -0.3 is 20.4 Å². The number of ether oxygens (including phenoxy) is 1. The van der Waals surface area contributed by atoms with Crippen molar-refractivity contribution in [2.45, 2.75) is 20.3 Å². The van der Waals surface area contributed by atoms with Gasteiger partial charge in [-0.1, -0.05) is 24.3 Å². The van der Waals surface area contributed by atoms with Crippen LogP contribution in [0.4, 0.5) is 4.79 Å². The lowest BCUT2D eigenvalue weighted by molar-refractivity contribution is 0.157. The van der Waals surface area contributed by atoms with Crippen molar-refractivity contribution in [3.63, 3.8) is 0 Å². The van der Waals surface area contributed by atoms with E-state index in [-0.39, 0.29) is 5.56 Å². The molecule has 2 aromatic heterocycles. The van der Waals surface area contributed by atoms with Gasteiger partial charge in [0.25, 0.3) is 5.56 Å². The molecular weight excluding hydrogens is 410 g/mol. The van der Waals surface area contributed by atoms with Crippen molar-refractivity contribution < 1.29 is 9.53 Å². The smallest absolute Gasteiger partial charge is 0.410 e. The number of carbonyl (C=O) groups is 1. The van der Waals surface area contributed by atoms with Gasteiger partial charge in [0.05, 0.1) is 0 Å². The van der Waals surface area contributed by atoms with Crippen molar-refractivity contribution in [2.75, 3.05) is 19.6 Å². The average molecular weight is 436 g/mol. The third kappa shape index (κ3) is 3.94. The SMILES string of the molecule is CCN(CC)C(=O)Oc1ccc2[nH]c(=O)c3sccc3c2c1-c1ccc(CCN)cc1. The van der Waals surface area contributed by atoms with Crippen molar-refractivity contribution in [1.82, 2.24) is 9.88 Å². The van der Waals surface area contributed by atoms with Crippen LogP contribution in [0.3, 0.4) is 0 Å². The Morgan fingerprint density at radius 2 is 1.84 bits per heavy atom. The first-order valence-corrected chi connectivity index (χ1v) is 11.3. The first-order valence-electron chi connectivity index (χ1n) is 10.4. The molecule has 160 valence electrons.